The molecular weight excluding hydrogens is 512 g/mol. The number of anilines is 1. The van der Waals surface area contributed by atoms with Crippen LogP contribution in [-0.4, -0.2) is 31.1 Å². The van der Waals surface area contributed by atoms with Crippen molar-refractivity contribution < 1.29 is 23.9 Å². The number of para-hydroxylation sites is 1. The van der Waals surface area contributed by atoms with E-state index in [-0.39, 0.29) is 5.57 Å². The molecule has 0 radical (unpaired) electrons. The smallest absolute Gasteiger partial charge is 0.335 e. The fourth-order valence-corrected chi connectivity index (χ4v) is 3.90. The molecule has 178 valence electrons. The summed E-state index contributed by atoms with van der Waals surface area (Å²) >= 11 is 3.32. The lowest BCUT2D eigenvalue weighted by Gasteiger charge is -2.26. The van der Waals surface area contributed by atoms with Gasteiger partial charge in [0, 0.05) is 4.47 Å². The summed E-state index contributed by atoms with van der Waals surface area (Å²) in [7, 11) is 0. The van der Waals surface area contributed by atoms with Crippen molar-refractivity contribution in [1.82, 2.24) is 5.32 Å². The third-order valence-corrected chi connectivity index (χ3v) is 5.91. The number of ether oxygens (including phenoxy) is 2. The van der Waals surface area contributed by atoms with Crippen LogP contribution in [0.15, 0.2) is 76.8 Å². The minimum atomic E-state index is -0.786. The summed E-state index contributed by atoms with van der Waals surface area (Å²) < 4.78 is 12.4. The third kappa shape index (κ3) is 5.60. The third-order valence-electron chi connectivity index (χ3n) is 5.38. The molecule has 1 N–H and O–H groups in total. The number of amides is 4. The monoisotopic (exact) mass is 534 g/mol. The first kappa shape index (κ1) is 24.2. The van der Waals surface area contributed by atoms with Gasteiger partial charge in [0.05, 0.1) is 5.69 Å². The van der Waals surface area contributed by atoms with Gasteiger partial charge in [-0.25, -0.2) is 9.69 Å². The van der Waals surface area contributed by atoms with E-state index in [0.717, 1.165) is 26.2 Å². The molecule has 0 bridgehead atoms. The van der Waals surface area contributed by atoms with Crippen molar-refractivity contribution in [2.75, 3.05) is 18.1 Å². The Morgan fingerprint density at radius 3 is 2.14 bits per heavy atom. The molecule has 0 atom stereocenters. The first-order chi connectivity index (χ1) is 16.8. The molecule has 3 aromatic rings. The molecule has 7 nitrogen and oxygen atoms in total. The lowest BCUT2D eigenvalue weighted by atomic mass is 10.1. The SMILES string of the molecule is Cc1cccc(C)c1OCCOc1ccc(C=C2C(=O)NC(=O)N(c3ccc(Br)cc3)C2=O)cc1. The number of urea groups is 1. The van der Waals surface area contributed by atoms with Crippen LogP contribution in [0.2, 0.25) is 0 Å². The zero-order valence-corrected chi connectivity index (χ0v) is 20.8. The Morgan fingerprint density at radius 1 is 0.857 bits per heavy atom. The number of hydrogen-bond acceptors (Lipinski definition) is 5. The summed E-state index contributed by atoms with van der Waals surface area (Å²) in [6, 6.07) is 18.8. The number of barbiturate groups is 1. The number of rotatable bonds is 7. The molecule has 0 spiro atoms. The van der Waals surface area contributed by atoms with Crippen LogP contribution >= 0.6 is 15.9 Å². The highest BCUT2D eigenvalue weighted by Crippen LogP contribution is 2.25. The Bertz CT molecular complexity index is 1280. The predicted molar refractivity (Wildman–Crippen MR) is 136 cm³/mol. The van der Waals surface area contributed by atoms with Crippen molar-refractivity contribution in [3.8, 4) is 11.5 Å². The number of hydrogen-bond donors (Lipinski definition) is 1. The average molecular weight is 535 g/mol. The van der Waals surface area contributed by atoms with Gasteiger partial charge in [0.2, 0.25) is 0 Å². The summed E-state index contributed by atoms with van der Waals surface area (Å²) in [4.78, 5) is 38.6. The van der Waals surface area contributed by atoms with E-state index in [1.54, 1.807) is 48.5 Å². The molecule has 1 aliphatic heterocycles. The van der Waals surface area contributed by atoms with E-state index in [2.05, 4.69) is 21.2 Å². The van der Waals surface area contributed by atoms with E-state index in [9.17, 15) is 14.4 Å². The summed E-state index contributed by atoms with van der Waals surface area (Å²) in [5.74, 6) is 0.0647. The van der Waals surface area contributed by atoms with Crippen molar-refractivity contribution in [3.05, 3.63) is 93.5 Å². The normalized spacial score (nSPS) is 14.8. The van der Waals surface area contributed by atoms with Gasteiger partial charge in [-0.3, -0.25) is 14.9 Å². The Labute approximate surface area is 211 Å². The van der Waals surface area contributed by atoms with E-state index >= 15 is 0 Å². The molecule has 35 heavy (non-hydrogen) atoms. The number of halogens is 1. The maximum atomic E-state index is 13.0. The molecule has 0 aromatic heterocycles. The number of benzene rings is 3. The van der Waals surface area contributed by atoms with Crippen molar-refractivity contribution >= 4 is 45.5 Å². The van der Waals surface area contributed by atoms with Crippen LogP contribution in [0.1, 0.15) is 16.7 Å². The standard InChI is InChI=1S/C27H23BrN2O5/c1-17-4-3-5-18(2)24(17)35-15-14-34-22-12-6-19(7-13-22)16-23-25(31)29-27(33)30(26(23)32)21-10-8-20(28)9-11-21/h3-13,16H,14-15H2,1-2H3,(H,29,31,33). The van der Waals surface area contributed by atoms with Crippen molar-refractivity contribution in [3.63, 3.8) is 0 Å². The second kappa shape index (κ2) is 10.6. The molecule has 1 saturated heterocycles. The summed E-state index contributed by atoms with van der Waals surface area (Å²) in [5.41, 5.74) is 2.99. The molecule has 0 aliphatic carbocycles. The largest absolute Gasteiger partial charge is 0.490 e. The molecule has 0 saturated carbocycles. The van der Waals surface area contributed by atoms with Crippen LogP contribution in [0.5, 0.6) is 11.5 Å². The highest BCUT2D eigenvalue weighted by Gasteiger charge is 2.36. The van der Waals surface area contributed by atoms with Gasteiger partial charge in [-0.05, 0) is 73.0 Å². The maximum Gasteiger partial charge on any atom is 0.335 e. The lowest BCUT2D eigenvalue weighted by molar-refractivity contribution is -0.122. The summed E-state index contributed by atoms with van der Waals surface area (Å²) in [5, 5.41) is 2.22. The Balaban J connectivity index is 1.41. The minimum absolute atomic E-state index is 0.136. The fourth-order valence-electron chi connectivity index (χ4n) is 3.64. The van der Waals surface area contributed by atoms with Crippen LogP contribution in [-0.2, 0) is 9.59 Å². The summed E-state index contributed by atoms with van der Waals surface area (Å²) in [6.07, 6.45) is 1.45. The van der Waals surface area contributed by atoms with Crippen molar-refractivity contribution in [2.24, 2.45) is 0 Å². The molecule has 4 amide bonds. The van der Waals surface area contributed by atoms with Gasteiger partial charge in [-0.2, -0.15) is 0 Å². The van der Waals surface area contributed by atoms with Gasteiger partial charge in [-0.15, -0.1) is 0 Å². The quantitative estimate of drug-likeness (QED) is 0.256. The molecule has 0 unspecified atom stereocenters. The fraction of sp³-hybridized carbons (Fsp3) is 0.148. The molecule has 1 fully saturated rings. The van der Waals surface area contributed by atoms with Gasteiger partial charge in [0.25, 0.3) is 11.8 Å². The van der Waals surface area contributed by atoms with E-state index in [1.165, 1.54) is 6.08 Å². The van der Waals surface area contributed by atoms with E-state index in [0.29, 0.717) is 30.2 Å². The van der Waals surface area contributed by atoms with Gasteiger partial charge >= 0.3 is 6.03 Å². The zero-order valence-electron chi connectivity index (χ0n) is 19.2. The first-order valence-electron chi connectivity index (χ1n) is 10.9. The van der Waals surface area contributed by atoms with E-state index in [1.807, 2.05) is 32.0 Å². The number of carbonyl (C=O) groups excluding carboxylic acids is 3. The van der Waals surface area contributed by atoms with Crippen LogP contribution in [0, 0.1) is 13.8 Å². The Kier molecular flexibility index (Phi) is 7.31. The van der Waals surface area contributed by atoms with Gasteiger partial charge in [0.15, 0.2) is 0 Å². The zero-order chi connectivity index (χ0) is 24.9. The summed E-state index contributed by atoms with van der Waals surface area (Å²) in [6.45, 7) is 4.76. The Morgan fingerprint density at radius 2 is 1.49 bits per heavy atom. The van der Waals surface area contributed by atoms with Gasteiger partial charge < -0.3 is 9.47 Å². The highest BCUT2D eigenvalue weighted by molar-refractivity contribution is 9.10. The molecule has 4 rings (SSSR count). The van der Waals surface area contributed by atoms with E-state index < -0.39 is 17.8 Å². The maximum absolute atomic E-state index is 13.0. The first-order valence-corrected chi connectivity index (χ1v) is 11.7. The molecule has 1 aliphatic rings. The number of nitrogens with zero attached hydrogens (tertiary/aromatic N) is 1. The molecule has 8 heteroatoms. The van der Waals surface area contributed by atoms with Crippen LogP contribution in [0.4, 0.5) is 10.5 Å². The highest BCUT2D eigenvalue weighted by atomic mass is 79.9. The lowest BCUT2D eigenvalue weighted by Crippen LogP contribution is -2.54. The van der Waals surface area contributed by atoms with Crippen LogP contribution in [0.3, 0.4) is 0 Å². The van der Waals surface area contributed by atoms with Gasteiger partial charge in [0.1, 0.15) is 30.3 Å². The second-order valence-corrected chi connectivity index (χ2v) is 8.84. The number of imide groups is 2. The molecule has 3 aromatic carbocycles. The second-order valence-electron chi connectivity index (χ2n) is 7.92. The minimum Gasteiger partial charge on any atom is -0.490 e. The van der Waals surface area contributed by atoms with E-state index in [4.69, 9.17) is 9.47 Å². The Hall–Kier alpha value is -3.91. The average Bonchev–Trinajstić information content (AvgIpc) is 2.83. The van der Waals surface area contributed by atoms with Gasteiger partial charge in [-0.1, -0.05) is 46.3 Å². The van der Waals surface area contributed by atoms with Crippen molar-refractivity contribution in [1.29, 1.82) is 0 Å². The topological polar surface area (TPSA) is 84.9 Å². The van der Waals surface area contributed by atoms with Crippen LogP contribution < -0.4 is 19.7 Å². The number of aryl methyl sites for hydroxylation is 2. The predicted octanol–water partition coefficient (Wildman–Crippen LogP) is 5.19. The van der Waals surface area contributed by atoms with Crippen molar-refractivity contribution in [2.45, 2.75) is 13.8 Å². The molecular formula is C27H23BrN2O5. The molecule has 1 heterocycles. The van der Waals surface area contributed by atoms with Crippen LogP contribution in [0.25, 0.3) is 6.08 Å². The number of carbonyl (C=O) groups is 3. The number of nitrogens with one attached hydrogen (secondary N) is 1.